The van der Waals surface area contributed by atoms with E-state index in [0.29, 0.717) is 5.56 Å². The number of carbonyl (C=O) groups excluding carboxylic acids is 1. The molecule has 1 aromatic rings. The Kier molecular flexibility index (Phi) is 6.10. The summed E-state index contributed by atoms with van der Waals surface area (Å²) in [6, 6.07) is 3.22. The number of rotatable bonds is 5. The van der Waals surface area contributed by atoms with Crippen LogP contribution in [-0.2, 0) is 26.6 Å². The second-order valence-corrected chi connectivity index (χ2v) is 9.48. The smallest absolute Gasteiger partial charge is 0.235 e. The van der Waals surface area contributed by atoms with Gasteiger partial charge in [-0.05, 0) is 37.0 Å². The van der Waals surface area contributed by atoms with Gasteiger partial charge in [0.1, 0.15) is 16.5 Å². The van der Waals surface area contributed by atoms with Crippen molar-refractivity contribution in [2.75, 3.05) is 5.88 Å². The first kappa shape index (κ1) is 19.8. The summed E-state index contributed by atoms with van der Waals surface area (Å²) in [5, 5.41) is 12.3. The molecule has 0 aliphatic heterocycles. The molecule has 5 nitrogen and oxygen atoms in total. The average molecular weight is 362 g/mol. The third-order valence-electron chi connectivity index (χ3n) is 3.54. The van der Waals surface area contributed by atoms with Gasteiger partial charge in [-0.25, -0.2) is 8.42 Å². The Hall–Kier alpha value is -1.27. The molecular weight excluding hydrogens is 338 g/mol. The number of hydrogen-bond donors (Lipinski definition) is 2. The lowest BCUT2D eigenvalue weighted by atomic mass is 9.86. The Labute approximate surface area is 143 Å². The minimum absolute atomic E-state index is 0.0158. The fraction of sp³-hybridized carbons (Fsp3) is 0.562. The molecule has 0 saturated carbocycles. The Morgan fingerprint density at radius 3 is 2.30 bits per heavy atom. The molecule has 2 N–H and O–H groups in total. The number of carbonyl (C=O) groups is 1. The Morgan fingerprint density at radius 2 is 1.87 bits per heavy atom. The van der Waals surface area contributed by atoms with Crippen molar-refractivity contribution < 1.29 is 18.3 Å². The molecule has 0 aliphatic carbocycles. The van der Waals surface area contributed by atoms with Crippen molar-refractivity contribution in [2.24, 2.45) is 0 Å². The van der Waals surface area contributed by atoms with Crippen molar-refractivity contribution in [1.82, 2.24) is 5.32 Å². The topological polar surface area (TPSA) is 83.5 Å². The summed E-state index contributed by atoms with van der Waals surface area (Å²) in [5.74, 6) is -0.904. The summed E-state index contributed by atoms with van der Waals surface area (Å²) >= 11 is 5.44. The SMILES string of the molecule is CC(C)S(=O)(=O)c1cc(C(C)(C)C)cc(CNC(=O)CCl)c1O. The minimum Gasteiger partial charge on any atom is -0.506 e. The molecule has 0 heterocycles. The van der Waals surface area contributed by atoms with Crippen molar-refractivity contribution >= 4 is 27.3 Å². The Morgan fingerprint density at radius 1 is 1.30 bits per heavy atom. The maximum atomic E-state index is 12.5. The van der Waals surface area contributed by atoms with E-state index in [2.05, 4.69) is 5.32 Å². The zero-order chi connectivity index (χ0) is 18.0. The molecule has 0 aromatic heterocycles. The third kappa shape index (κ3) is 4.61. The van der Waals surface area contributed by atoms with Crippen LogP contribution in [0.3, 0.4) is 0 Å². The molecule has 0 fully saturated rings. The van der Waals surface area contributed by atoms with Gasteiger partial charge in [0.15, 0.2) is 9.84 Å². The zero-order valence-electron chi connectivity index (χ0n) is 14.1. The van der Waals surface area contributed by atoms with Gasteiger partial charge >= 0.3 is 0 Å². The molecule has 1 rings (SSSR count). The van der Waals surface area contributed by atoms with Crippen LogP contribution in [0, 0.1) is 0 Å². The van der Waals surface area contributed by atoms with Crippen LogP contribution in [0.5, 0.6) is 5.75 Å². The van der Waals surface area contributed by atoms with E-state index in [9.17, 15) is 18.3 Å². The van der Waals surface area contributed by atoms with E-state index in [1.54, 1.807) is 19.9 Å². The largest absolute Gasteiger partial charge is 0.506 e. The first-order valence-corrected chi connectivity index (χ1v) is 9.42. The number of sulfone groups is 1. The van der Waals surface area contributed by atoms with Crippen LogP contribution in [0.2, 0.25) is 0 Å². The lowest BCUT2D eigenvalue weighted by Crippen LogP contribution is -2.25. The molecule has 0 spiro atoms. The van der Waals surface area contributed by atoms with Crippen LogP contribution in [0.15, 0.2) is 17.0 Å². The van der Waals surface area contributed by atoms with Crippen LogP contribution in [0.4, 0.5) is 0 Å². The highest BCUT2D eigenvalue weighted by Crippen LogP contribution is 2.35. The number of benzene rings is 1. The molecule has 1 amide bonds. The molecule has 0 radical (unpaired) electrons. The molecule has 1 aromatic carbocycles. The molecular formula is C16H24ClNO4S. The van der Waals surface area contributed by atoms with Crippen LogP contribution in [0.1, 0.15) is 45.7 Å². The van der Waals surface area contributed by atoms with Gasteiger partial charge in [-0.2, -0.15) is 0 Å². The van der Waals surface area contributed by atoms with Crippen molar-refractivity contribution in [3.05, 3.63) is 23.3 Å². The molecule has 7 heteroatoms. The van der Waals surface area contributed by atoms with E-state index in [1.165, 1.54) is 6.07 Å². The van der Waals surface area contributed by atoms with Crippen LogP contribution >= 0.6 is 11.6 Å². The molecule has 0 unspecified atom stereocenters. The highest BCUT2D eigenvalue weighted by molar-refractivity contribution is 7.92. The number of amides is 1. The van der Waals surface area contributed by atoms with Gasteiger partial charge in [0, 0.05) is 12.1 Å². The van der Waals surface area contributed by atoms with Gasteiger partial charge in [-0.15, -0.1) is 11.6 Å². The molecule has 130 valence electrons. The van der Waals surface area contributed by atoms with E-state index in [4.69, 9.17) is 11.6 Å². The second-order valence-electron chi connectivity index (χ2n) is 6.74. The summed E-state index contributed by atoms with van der Waals surface area (Å²) in [6.07, 6.45) is 0. The van der Waals surface area contributed by atoms with Crippen LogP contribution in [0.25, 0.3) is 0 Å². The number of phenols is 1. The average Bonchev–Trinajstić information content (AvgIpc) is 2.43. The zero-order valence-corrected chi connectivity index (χ0v) is 15.7. The summed E-state index contributed by atoms with van der Waals surface area (Å²) < 4.78 is 25.0. The lowest BCUT2D eigenvalue weighted by molar-refractivity contribution is -0.118. The first-order chi connectivity index (χ1) is 10.4. The maximum absolute atomic E-state index is 12.5. The normalized spacial score (nSPS) is 12.5. The van der Waals surface area contributed by atoms with Crippen molar-refractivity contribution in [3.63, 3.8) is 0 Å². The molecule has 23 heavy (non-hydrogen) atoms. The predicted molar refractivity (Wildman–Crippen MR) is 91.7 cm³/mol. The molecule has 0 atom stereocenters. The maximum Gasteiger partial charge on any atom is 0.235 e. The minimum atomic E-state index is -3.65. The van der Waals surface area contributed by atoms with E-state index in [0.717, 1.165) is 5.56 Å². The Balaban J connectivity index is 3.49. The van der Waals surface area contributed by atoms with Crippen molar-refractivity contribution in [1.29, 1.82) is 0 Å². The highest BCUT2D eigenvalue weighted by Gasteiger charge is 2.27. The molecule has 0 aliphatic rings. The number of phenolic OH excluding ortho intramolecular Hbond substituents is 1. The lowest BCUT2D eigenvalue weighted by Gasteiger charge is -2.23. The van der Waals surface area contributed by atoms with E-state index >= 15 is 0 Å². The van der Waals surface area contributed by atoms with E-state index in [1.807, 2.05) is 20.8 Å². The fourth-order valence-electron chi connectivity index (χ4n) is 1.95. The number of halogens is 1. The van der Waals surface area contributed by atoms with Gasteiger partial charge in [0.05, 0.1) is 5.25 Å². The summed E-state index contributed by atoms with van der Waals surface area (Å²) in [7, 11) is -3.65. The van der Waals surface area contributed by atoms with Gasteiger partial charge in [0.25, 0.3) is 0 Å². The summed E-state index contributed by atoms with van der Waals surface area (Å²) in [4.78, 5) is 11.2. The third-order valence-corrected chi connectivity index (χ3v) is 5.95. The number of alkyl halides is 1. The summed E-state index contributed by atoms with van der Waals surface area (Å²) in [6.45, 7) is 8.99. The fourth-order valence-corrected chi connectivity index (χ4v) is 3.24. The molecule has 0 saturated heterocycles. The van der Waals surface area contributed by atoms with Crippen molar-refractivity contribution in [3.8, 4) is 5.75 Å². The van der Waals surface area contributed by atoms with E-state index < -0.39 is 15.1 Å². The highest BCUT2D eigenvalue weighted by atomic mass is 35.5. The standard InChI is InChI=1S/C16H24ClNO4S/c1-10(2)23(21,22)13-7-12(16(3,4)5)6-11(15(13)20)9-18-14(19)8-17/h6-7,10,20H,8-9H2,1-5H3,(H,18,19). The van der Waals surface area contributed by atoms with Crippen molar-refractivity contribution in [2.45, 2.75) is 56.7 Å². The van der Waals surface area contributed by atoms with Gasteiger partial charge in [0.2, 0.25) is 5.91 Å². The van der Waals surface area contributed by atoms with Gasteiger partial charge in [-0.3, -0.25) is 4.79 Å². The monoisotopic (exact) mass is 361 g/mol. The molecule has 0 bridgehead atoms. The second kappa shape index (κ2) is 7.09. The van der Waals surface area contributed by atoms with Crippen LogP contribution in [-0.4, -0.2) is 30.6 Å². The number of nitrogens with one attached hydrogen (secondary N) is 1. The van der Waals surface area contributed by atoms with Gasteiger partial charge < -0.3 is 10.4 Å². The quantitative estimate of drug-likeness (QED) is 0.790. The van der Waals surface area contributed by atoms with Gasteiger partial charge in [-0.1, -0.05) is 20.8 Å². The van der Waals surface area contributed by atoms with E-state index in [-0.39, 0.29) is 34.4 Å². The first-order valence-electron chi connectivity index (χ1n) is 7.34. The number of hydrogen-bond acceptors (Lipinski definition) is 4. The summed E-state index contributed by atoms with van der Waals surface area (Å²) in [5.41, 5.74) is 0.819. The Bertz CT molecular complexity index is 691. The predicted octanol–water partition coefficient (Wildman–Crippen LogP) is 2.73. The number of aromatic hydroxyl groups is 1. The van der Waals surface area contributed by atoms with Crippen LogP contribution < -0.4 is 5.32 Å².